The molecule has 0 saturated heterocycles. The van der Waals surface area contributed by atoms with E-state index in [4.69, 9.17) is 22.3 Å². The van der Waals surface area contributed by atoms with E-state index < -0.39 is 60.8 Å². The van der Waals surface area contributed by atoms with Gasteiger partial charge in [-0.15, -0.1) is 0 Å². The van der Waals surface area contributed by atoms with Crippen molar-refractivity contribution in [2.45, 2.75) is 116 Å². The zero-order valence-corrected chi connectivity index (χ0v) is 38.7. The number of carboxylic acids is 1. The first kappa shape index (κ1) is 59.1. The summed E-state index contributed by atoms with van der Waals surface area (Å²) < 4.78 is 4.21. The standard InChI is InChI=1S/C34H64N10O7.C7H8O.CH3ClO/c1-7-8-9-12-18-44(5,6)24(4)20-28(45)43-27(19-23(2)3)32(49)40-21-29(46)41-25(15-13-17-38-34(36)37)31(48)39-22-30(47)42-26(33(50)51)14-10-11-16-35;1-6-2-4-7(8)5-3-6;1-3-2/h23,25-27H,4,7-22,35H2,1-3,5-6H3,(H9-,36,37,38,39,40,41,42,43,45,46,47,48,49,50,51);2-5,8H,1H3;1H3/p+1. The lowest BCUT2D eigenvalue weighted by molar-refractivity contribution is -0.853. The molecular weight excluding hydrogens is 824 g/mol. The number of aryl methyl sites for hydroxylation is 1. The van der Waals surface area contributed by atoms with Crippen LogP contribution in [0.4, 0.5) is 0 Å². The van der Waals surface area contributed by atoms with Gasteiger partial charge in [-0.1, -0.05) is 51.3 Å². The zero-order chi connectivity index (χ0) is 47.7. The summed E-state index contributed by atoms with van der Waals surface area (Å²) in [5, 5.41) is 30.8. The van der Waals surface area contributed by atoms with Crippen molar-refractivity contribution in [3.63, 3.8) is 0 Å². The quantitative estimate of drug-likeness (QED) is 0.0250. The van der Waals surface area contributed by atoms with E-state index in [1.165, 1.54) is 12.7 Å². The summed E-state index contributed by atoms with van der Waals surface area (Å²) in [7, 11) is 5.40. The highest BCUT2D eigenvalue weighted by Crippen LogP contribution is 2.16. The number of amides is 5. The molecule has 1 aromatic carbocycles. The van der Waals surface area contributed by atoms with Crippen molar-refractivity contribution in [2.75, 3.05) is 53.9 Å². The van der Waals surface area contributed by atoms with Crippen LogP contribution in [0, 0.1) is 12.8 Å². The average molecular weight is 901 g/mol. The molecule has 0 spiro atoms. The number of carbonyl (C=O) groups is 6. The molecule has 354 valence electrons. The molecule has 0 aromatic heterocycles. The zero-order valence-electron chi connectivity index (χ0n) is 37.9. The van der Waals surface area contributed by atoms with Gasteiger partial charge in [-0.25, -0.2) is 4.79 Å². The third-order valence-electron chi connectivity index (χ3n) is 9.21. The number of hydrogen-bond donors (Lipinski definition) is 10. The van der Waals surface area contributed by atoms with Gasteiger partial charge < -0.3 is 54.0 Å². The number of nitrogens with zero attached hydrogens (tertiary/aromatic N) is 2. The minimum atomic E-state index is -1.21. The van der Waals surface area contributed by atoms with Crippen molar-refractivity contribution >= 4 is 53.3 Å². The fourth-order valence-electron chi connectivity index (χ4n) is 5.58. The molecule has 0 heterocycles. The first-order valence-corrected chi connectivity index (χ1v) is 21.3. The Morgan fingerprint density at radius 1 is 0.823 bits per heavy atom. The topological polar surface area (TPSA) is 303 Å². The van der Waals surface area contributed by atoms with E-state index in [-0.39, 0.29) is 43.6 Å². The molecule has 3 atom stereocenters. The van der Waals surface area contributed by atoms with E-state index in [1.54, 1.807) is 12.1 Å². The van der Waals surface area contributed by atoms with Gasteiger partial charge in [-0.05, 0) is 89.5 Å². The summed E-state index contributed by atoms with van der Waals surface area (Å²) in [6.07, 6.45) is 6.42. The second-order valence-electron chi connectivity index (χ2n) is 15.7. The number of guanidine groups is 1. The Bertz CT molecular complexity index is 1500. The average Bonchev–Trinajstić information content (AvgIpc) is 3.19. The van der Waals surface area contributed by atoms with E-state index in [1.807, 2.05) is 47.0 Å². The maximum atomic E-state index is 13.2. The molecule has 3 unspecified atom stereocenters. The lowest BCUT2D eigenvalue weighted by atomic mass is 10.0. The molecule has 13 N–H and O–H groups in total. The van der Waals surface area contributed by atoms with Crippen molar-refractivity contribution in [1.82, 2.24) is 26.6 Å². The summed E-state index contributed by atoms with van der Waals surface area (Å²) in [6.45, 7) is 12.5. The smallest absolute Gasteiger partial charge is 0.326 e. The maximum Gasteiger partial charge on any atom is 0.326 e. The Balaban J connectivity index is 0. The molecule has 1 rings (SSSR count). The number of carbonyl (C=O) groups excluding carboxylic acids is 5. The van der Waals surface area contributed by atoms with Crippen LogP contribution in [-0.4, -0.2) is 128 Å². The number of nitrogens with two attached hydrogens (primary N) is 3. The third-order valence-corrected chi connectivity index (χ3v) is 9.21. The summed E-state index contributed by atoms with van der Waals surface area (Å²) in [4.78, 5) is 79.9. The van der Waals surface area contributed by atoms with Crippen molar-refractivity contribution in [2.24, 2.45) is 28.1 Å². The van der Waals surface area contributed by atoms with E-state index in [2.05, 4.69) is 61.2 Å². The number of aliphatic imine (C=N–C) groups is 1. The number of unbranched alkanes of at least 4 members (excludes halogenated alkanes) is 4. The number of aliphatic carboxylic acids is 1. The molecule has 0 radical (unpaired) electrons. The van der Waals surface area contributed by atoms with E-state index in [9.17, 15) is 33.9 Å². The number of rotatable bonds is 28. The Labute approximate surface area is 373 Å². The Morgan fingerprint density at radius 2 is 1.34 bits per heavy atom. The molecule has 0 saturated carbocycles. The van der Waals surface area contributed by atoms with Crippen LogP contribution < -0.4 is 43.8 Å². The highest BCUT2D eigenvalue weighted by molar-refractivity contribution is 6.07. The van der Waals surface area contributed by atoms with Crippen molar-refractivity contribution in [3.8, 4) is 5.75 Å². The van der Waals surface area contributed by atoms with Gasteiger partial charge in [0.2, 0.25) is 29.5 Å². The van der Waals surface area contributed by atoms with Crippen LogP contribution in [0.1, 0.15) is 97.0 Å². The second-order valence-corrected chi connectivity index (χ2v) is 16.0. The minimum absolute atomic E-state index is 0.0447. The van der Waals surface area contributed by atoms with Gasteiger partial charge in [0.05, 0.1) is 52.7 Å². The van der Waals surface area contributed by atoms with Crippen molar-refractivity contribution in [1.29, 1.82) is 0 Å². The summed E-state index contributed by atoms with van der Waals surface area (Å²) in [5.74, 6) is -4.00. The second kappa shape index (κ2) is 34.6. The van der Waals surface area contributed by atoms with Gasteiger partial charge in [0, 0.05) is 6.54 Å². The Morgan fingerprint density at radius 3 is 1.82 bits per heavy atom. The highest BCUT2D eigenvalue weighted by atomic mass is 35.5. The number of phenols is 1. The number of halogens is 1. The molecule has 0 aliphatic rings. The van der Waals surface area contributed by atoms with Crippen LogP contribution >= 0.6 is 11.9 Å². The van der Waals surface area contributed by atoms with Crippen LogP contribution in [0.3, 0.4) is 0 Å². The summed E-state index contributed by atoms with van der Waals surface area (Å²) in [5.41, 5.74) is 18.1. The maximum absolute atomic E-state index is 13.2. The molecule has 0 fully saturated rings. The molecule has 0 bridgehead atoms. The minimum Gasteiger partial charge on any atom is -0.508 e. The summed E-state index contributed by atoms with van der Waals surface area (Å²) in [6, 6.07) is 3.92. The SMILES string of the molecule is C=C(CC(=O)NC(CC(C)C)C(=O)NCC(=O)NC(CCCN=C(N)N)C(=O)NCC(=O)NC(CCCCN)C(=O)O)[N+](C)(C)CCCCCC.COCl.Cc1ccc(O)cc1. The predicted octanol–water partition coefficient (Wildman–Crippen LogP) is 2.03. The van der Waals surface area contributed by atoms with Crippen molar-refractivity contribution in [3.05, 3.63) is 42.1 Å². The van der Waals surface area contributed by atoms with Crippen LogP contribution in [0.2, 0.25) is 0 Å². The lowest BCUT2D eigenvalue weighted by Gasteiger charge is -2.31. The highest BCUT2D eigenvalue weighted by Gasteiger charge is 2.28. The summed E-state index contributed by atoms with van der Waals surface area (Å²) >= 11 is 4.50. The largest absolute Gasteiger partial charge is 0.508 e. The lowest BCUT2D eigenvalue weighted by Crippen LogP contribution is -2.53. The number of quaternary nitrogens is 1. The van der Waals surface area contributed by atoms with E-state index in [0.717, 1.165) is 37.9 Å². The molecule has 19 nitrogen and oxygen atoms in total. The van der Waals surface area contributed by atoms with E-state index >= 15 is 0 Å². The van der Waals surface area contributed by atoms with Crippen molar-refractivity contribution < 1.29 is 47.8 Å². The van der Waals surface area contributed by atoms with Crippen LogP contribution in [-0.2, 0) is 33.1 Å². The van der Waals surface area contributed by atoms with Gasteiger partial charge in [0.25, 0.3) is 0 Å². The number of benzene rings is 1. The van der Waals surface area contributed by atoms with Gasteiger partial charge in [-0.3, -0.25) is 37.7 Å². The predicted molar refractivity (Wildman–Crippen MR) is 242 cm³/mol. The molecule has 20 heteroatoms. The fourth-order valence-corrected chi connectivity index (χ4v) is 5.58. The number of hydrogen-bond acceptors (Lipinski definition) is 10. The van der Waals surface area contributed by atoms with E-state index in [0.29, 0.717) is 42.5 Å². The molecule has 5 amide bonds. The fraction of sp³-hybridized carbons (Fsp3) is 0.643. The first-order valence-electron chi connectivity index (χ1n) is 21.0. The normalized spacial score (nSPS) is 12.1. The molecular formula is C42H76ClN10O9+. The monoisotopic (exact) mass is 900 g/mol. The molecule has 0 aliphatic carbocycles. The molecule has 62 heavy (non-hydrogen) atoms. The number of aromatic hydroxyl groups is 1. The third kappa shape index (κ3) is 31.0. The van der Waals surface area contributed by atoms with Gasteiger partial charge in [0.15, 0.2) is 5.96 Å². The molecule has 1 aromatic rings. The number of phenolic OH excluding ortho intramolecular Hbond substituents is 1. The number of nitrogens with one attached hydrogen (secondary N) is 5. The van der Waals surface area contributed by atoms with Gasteiger partial charge >= 0.3 is 5.97 Å². The first-order chi connectivity index (χ1) is 29.1. The Hall–Kier alpha value is -4.98. The van der Waals surface area contributed by atoms with Crippen LogP contribution in [0.15, 0.2) is 41.5 Å². The Kier molecular flexibility index (Phi) is 33.0. The van der Waals surface area contributed by atoms with Gasteiger partial charge in [0.1, 0.15) is 36.0 Å². The van der Waals surface area contributed by atoms with Crippen LogP contribution in [0.25, 0.3) is 0 Å². The number of carboxylic acid groups (broad SMARTS) is 1. The molecule has 0 aliphatic heterocycles. The van der Waals surface area contributed by atoms with Crippen LogP contribution in [0.5, 0.6) is 5.75 Å². The van der Waals surface area contributed by atoms with Gasteiger partial charge in [-0.2, -0.15) is 0 Å².